The Balaban J connectivity index is 1.64. The maximum atomic E-state index is 13.1. The molecule has 7 nitrogen and oxygen atoms in total. The van der Waals surface area contributed by atoms with E-state index in [-0.39, 0.29) is 18.4 Å². The largest absolute Gasteiger partial charge is 0.480 e. The first kappa shape index (κ1) is 23.5. The van der Waals surface area contributed by atoms with Gasteiger partial charge in [0.2, 0.25) is 5.91 Å². The van der Waals surface area contributed by atoms with Crippen LogP contribution in [0.25, 0.3) is 0 Å². The first-order valence-electron chi connectivity index (χ1n) is 11.0. The predicted molar refractivity (Wildman–Crippen MR) is 120 cm³/mol. The molecular formula is C25H30N2O5. The Kier molecular flexibility index (Phi) is 8.00. The van der Waals surface area contributed by atoms with E-state index in [0.717, 1.165) is 16.7 Å². The average Bonchev–Trinajstić information content (AvgIpc) is 2.81. The van der Waals surface area contributed by atoms with Crippen molar-refractivity contribution in [1.29, 1.82) is 0 Å². The van der Waals surface area contributed by atoms with Crippen molar-refractivity contribution in [2.75, 3.05) is 13.2 Å². The maximum Gasteiger partial charge on any atom is 0.326 e. The second-order valence-electron chi connectivity index (χ2n) is 7.97. The van der Waals surface area contributed by atoms with Crippen LogP contribution in [-0.4, -0.2) is 53.1 Å². The summed E-state index contributed by atoms with van der Waals surface area (Å²) in [5, 5.41) is 12.9. The molecule has 0 aliphatic carbocycles. The summed E-state index contributed by atoms with van der Waals surface area (Å²) in [5.74, 6) is -2.00. The minimum absolute atomic E-state index is 0.265. The molecule has 2 aromatic carbocycles. The number of benzene rings is 2. The van der Waals surface area contributed by atoms with Crippen LogP contribution in [0.15, 0.2) is 54.6 Å². The van der Waals surface area contributed by atoms with Crippen LogP contribution in [0.4, 0.5) is 0 Å². The molecule has 0 aromatic heterocycles. The zero-order chi connectivity index (χ0) is 23.1. The molecule has 0 radical (unpaired) electrons. The summed E-state index contributed by atoms with van der Waals surface area (Å²) in [5.41, 5.74) is 2.80. The van der Waals surface area contributed by atoms with E-state index < -0.39 is 24.0 Å². The lowest BCUT2D eigenvalue weighted by Crippen LogP contribution is -2.54. The number of aliphatic carboxylic acids is 1. The molecule has 0 saturated heterocycles. The second kappa shape index (κ2) is 10.9. The Hall–Kier alpha value is -3.19. The smallest absolute Gasteiger partial charge is 0.326 e. The highest BCUT2D eigenvalue weighted by Crippen LogP contribution is 2.25. The van der Waals surface area contributed by atoms with Crippen molar-refractivity contribution in [2.45, 2.75) is 51.2 Å². The number of hydrogen-bond acceptors (Lipinski definition) is 5. The molecule has 32 heavy (non-hydrogen) atoms. The zero-order valence-electron chi connectivity index (χ0n) is 18.5. The summed E-state index contributed by atoms with van der Waals surface area (Å²) in [7, 11) is 0. The number of ether oxygens (including phenoxy) is 1. The van der Waals surface area contributed by atoms with Gasteiger partial charge >= 0.3 is 11.9 Å². The third-order valence-electron chi connectivity index (χ3n) is 5.84. The van der Waals surface area contributed by atoms with Crippen molar-refractivity contribution in [2.24, 2.45) is 0 Å². The van der Waals surface area contributed by atoms with Crippen molar-refractivity contribution in [3.05, 3.63) is 71.3 Å². The normalized spacial score (nSPS) is 17.2. The molecule has 1 aliphatic rings. The van der Waals surface area contributed by atoms with Gasteiger partial charge in [-0.15, -0.1) is 0 Å². The minimum Gasteiger partial charge on any atom is -0.480 e. The lowest BCUT2D eigenvalue weighted by molar-refractivity contribution is -0.152. The fourth-order valence-electron chi connectivity index (χ4n) is 4.10. The van der Waals surface area contributed by atoms with Crippen LogP contribution in [0.2, 0.25) is 0 Å². The molecule has 3 atom stereocenters. The molecule has 1 aliphatic heterocycles. The zero-order valence-corrected chi connectivity index (χ0v) is 18.5. The monoisotopic (exact) mass is 438 g/mol. The lowest BCUT2D eigenvalue weighted by atomic mass is 9.93. The number of carbonyl (C=O) groups is 3. The second-order valence-corrected chi connectivity index (χ2v) is 7.97. The summed E-state index contributed by atoms with van der Waals surface area (Å²) < 4.78 is 5.23. The number of carboxylic acids is 1. The minimum atomic E-state index is -1.01. The standard InChI is InChI=1S/C25H30N2O5/c1-3-32-25(31)21(18-9-5-4-6-10-18)13-14-26-17(2)23(28)27-16-20-12-8-7-11-19(20)15-22(27)24(29)30/h4-12,17,21-22,26H,3,13-16H2,1-2H3,(H,29,30). The summed E-state index contributed by atoms with van der Waals surface area (Å²) in [4.78, 5) is 38.8. The van der Waals surface area contributed by atoms with Crippen LogP contribution in [0.1, 0.15) is 42.9 Å². The van der Waals surface area contributed by atoms with E-state index >= 15 is 0 Å². The van der Waals surface area contributed by atoms with Gasteiger partial charge in [0.05, 0.1) is 18.6 Å². The Labute approximate surface area is 188 Å². The van der Waals surface area contributed by atoms with Crippen molar-refractivity contribution in [3.63, 3.8) is 0 Å². The molecule has 3 rings (SSSR count). The summed E-state index contributed by atoms with van der Waals surface area (Å²) in [6.45, 7) is 4.48. The molecule has 7 heteroatoms. The Morgan fingerprint density at radius 3 is 2.41 bits per heavy atom. The molecule has 1 heterocycles. The van der Waals surface area contributed by atoms with Gasteiger partial charge in [0, 0.05) is 13.0 Å². The highest BCUT2D eigenvalue weighted by molar-refractivity contribution is 5.87. The van der Waals surface area contributed by atoms with Crippen molar-refractivity contribution in [3.8, 4) is 0 Å². The highest BCUT2D eigenvalue weighted by atomic mass is 16.5. The SMILES string of the molecule is CCOC(=O)C(CCNC(C)C(=O)N1Cc2ccccc2CC1C(=O)O)c1ccccc1. The topological polar surface area (TPSA) is 95.9 Å². The Morgan fingerprint density at radius 1 is 1.09 bits per heavy atom. The predicted octanol–water partition coefficient (Wildman–Crippen LogP) is 2.74. The van der Waals surface area contributed by atoms with Crippen LogP contribution in [0.5, 0.6) is 0 Å². The lowest BCUT2D eigenvalue weighted by Gasteiger charge is -2.36. The van der Waals surface area contributed by atoms with Crippen LogP contribution in [-0.2, 0) is 32.1 Å². The number of fused-ring (bicyclic) bond motifs is 1. The third kappa shape index (κ3) is 5.53. The quantitative estimate of drug-likeness (QED) is 0.585. The van der Waals surface area contributed by atoms with Gasteiger partial charge in [-0.2, -0.15) is 0 Å². The number of carboxylic acid groups (broad SMARTS) is 1. The molecule has 2 N–H and O–H groups in total. The summed E-state index contributed by atoms with van der Waals surface area (Å²) in [6, 6.07) is 15.6. The fraction of sp³-hybridized carbons (Fsp3) is 0.400. The number of esters is 1. The van der Waals surface area contributed by atoms with Crippen LogP contribution < -0.4 is 5.32 Å². The van der Waals surface area contributed by atoms with Gasteiger partial charge in [-0.25, -0.2) is 4.79 Å². The summed E-state index contributed by atoms with van der Waals surface area (Å²) >= 11 is 0. The van der Waals surface area contributed by atoms with Crippen molar-refractivity contribution >= 4 is 17.8 Å². The summed E-state index contributed by atoms with van der Waals surface area (Å²) in [6.07, 6.45) is 0.758. The number of hydrogen-bond donors (Lipinski definition) is 2. The van der Waals surface area contributed by atoms with E-state index in [1.165, 1.54) is 4.90 Å². The number of nitrogens with zero attached hydrogens (tertiary/aromatic N) is 1. The number of carbonyl (C=O) groups excluding carboxylic acids is 2. The molecule has 1 amide bonds. The van der Waals surface area contributed by atoms with E-state index in [4.69, 9.17) is 4.74 Å². The van der Waals surface area contributed by atoms with Gasteiger partial charge < -0.3 is 20.1 Å². The Morgan fingerprint density at radius 2 is 1.75 bits per heavy atom. The van der Waals surface area contributed by atoms with Gasteiger partial charge in [0.15, 0.2) is 0 Å². The van der Waals surface area contributed by atoms with Crippen molar-refractivity contribution in [1.82, 2.24) is 10.2 Å². The Bertz CT molecular complexity index is 946. The highest BCUT2D eigenvalue weighted by Gasteiger charge is 2.36. The van der Waals surface area contributed by atoms with Crippen LogP contribution in [0, 0.1) is 0 Å². The first-order valence-corrected chi connectivity index (χ1v) is 11.0. The average molecular weight is 439 g/mol. The maximum absolute atomic E-state index is 13.1. The van der Waals surface area contributed by atoms with Crippen molar-refractivity contribution < 1.29 is 24.2 Å². The van der Waals surface area contributed by atoms with Gasteiger partial charge in [-0.3, -0.25) is 9.59 Å². The van der Waals surface area contributed by atoms with Gasteiger partial charge in [0.1, 0.15) is 6.04 Å². The molecular weight excluding hydrogens is 408 g/mol. The van der Waals surface area contributed by atoms with E-state index in [0.29, 0.717) is 26.0 Å². The van der Waals surface area contributed by atoms with Gasteiger partial charge in [-0.05, 0) is 43.5 Å². The molecule has 0 bridgehead atoms. The van der Waals surface area contributed by atoms with Crippen LogP contribution >= 0.6 is 0 Å². The molecule has 3 unspecified atom stereocenters. The van der Waals surface area contributed by atoms with E-state index in [1.54, 1.807) is 13.8 Å². The first-order chi connectivity index (χ1) is 15.4. The van der Waals surface area contributed by atoms with E-state index in [1.807, 2.05) is 54.6 Å². The molecule has 2 aromatic rings. The van der Waals surface area contributed by atoms with Crippen LogP contribution in [0.3, 0.4) is 0 Å². The van der Waals surface area contributed by atoms with Gasteiger partial charge in [0.25, 0.3) is 0 Å². The number of rotatable bonds is 9. The fourth-order valence-corrected chi connectivity index (χ4v) is 4.10. The molecule has 0 spiro atoms. The van der Waals surface area contributed by atoms with Gasteiger partial charge in [-0.1, -0.05) is 54.6 Å². The molecule has 0 saturated carbocycles. The van der Waals surface area contributed by atoms with E-state index in [2.05, 4.69) is 5.32 Å². The number of nitrogens with one attached hydrogen (secondary N) is 1. The number of amides is 1. The molecule has 0 fully saturated rings. The van der Waals surface area contributed by atoms with E-state index in [9.17, 15) is 19.5 Å². The third-order valence-corrected chi connectivity index (χ3v) is 5.84. The molecule has 170 valence electrons.